The Labute approximate surface area is 156 Å². The zero-order valence-corrected chi connectivity index (χ0v) is 15.5. The maximum absolute atomic E-state index is 12.3. The Morgan fingerprint density at radius 2 is 1.85 bits per heavy atom. The standard InChI is InChI=1S/C17H21ClN2O6/c1-9(2)19-17(23)20-15(21)10(3)26-16(22)11-7-12(18)14-13(8-11)24-5-4-6-25-14/h7-10H,4-6H2,1-3H3,(H2,19,20,21,23)/t10-/m0/s1. The Balaban J connectivity index is 2.03. The van der Waals surface area contributed by atoms with Gasteiger partial charge < -0.3 is 19.5 Å². The summed E-state index contributed by atoms with van der Waals surface area (Å²) in [7, 11) is 0. The predicted octanol–water partition coefficient (Wildman–Crippen LogP) is 2.28. The van der Waals surface area contributed by atoms with E-state index in [9.17, 15) is 14.4 Å². The van der Waals surface area contributed by atoms with Crippen LogP contribution in [0.2, 0.25) is 5.02 Å². The van der Waals surface area contributed by atoms with Crippen LogP contribution in [0, 0.1) is 0 Å². The van der Waals surface area contributed by atoms with Crippen LogP contribution < -0.4 is 20.1 Å². The summed E-state index contributed by atoms with van der Waals surface area (Å²) in [5.41, 5.74) is 0.116. The lowest BCUT2D eigenvalue weighted by Gasteiger charge is -2.15. The molecule has 0 radical (unpaired) electrons. The van der Waals surface area contributed by atoms with E-state index >= 15 is 0 Å². The van der Waals surface area contributed by atoms with Crippen molar-refractivity contribution >= 4 is 29.5 Å². The van der Waals surface area contributed by atoms with Gasteiger partial charge in [0, 0.05) is 12.5 Å². The Bertz CT molecular complexity index is 707. The Kier molecular flexibility index (Phi) is 6.68. The summed E-state index contributed by atoms with van der Waals surface area (Å²) in [6.45, 7) is 5.76. The lowest BCUT2D eigenvalue weighted by atomic mass is 10.2. The predicted molar refractivity (Wildman–Crippen MR) is 93.7 cm³/mol. The minimum Gasteiger partial charge on any atom is -0.489 e. The summed E-state index contributed by atoms with van der Waals surface area (Å²) in [4.78, 5) is 35.7. The maximum Gasteiger partial charge on any atom is 0.339 e. The average molecular weight is 385 g/mol. The van der Waals surface area contributed by atoms with Crippen LogP contribution in [0.4, 0.5) is 4.79 Å². The zero-order valence-electron chi connectivity index (χ0n) is 14.8. The fourth-order valence-electron chi connectivity index (χ4n) is 2.14. The van der Waals surface area contributed by atoms with Crippen LogP contribution >= 0.6 is 11.6 Å². The highest BCUT2D eigenvalue weighted by molar-refractivity contribution is 6.32. The van der Waals surface area contributed by atoms with Gasteiger partial charge in [0.15, 0.2) is 17.6 Å². The van der Waals surface area contributed by atoms with E-state index in [1.807, 2.05) is 0 Å². The first-order valence-corrected chi connectivity index (χ1v) is 8.57. The molecule has 0 fully saturated rings. The summed E-state index contributed by atoms with van der Waals surface area (Å²) in [6, 6.07) is 2.04. The zero-order chi connectivity index (χ0) is 19.3. The summed E-state index contributed by atoms with van der Waals surface area (Å²) in [5.74, 6) is -0.793. The van der Waals surface area contributed by atoms with E-state index in [4.69, 9.17) is 25.8 Å². The minimum atomic E-state index is -1.17. The first-order valence-electron chi connectivity index (χ1n) is 8.19. The summed E-state index contributed by atoms with van der Waals surface area (Å²) in [5, 5.41) is 4.82. The number of hydrogen-bond donors (Lipinski definition) is 2. The number of halogens is 1. The normalized spacial score (nSPS) is 14.2. The van der Waals surface area contributed by atoms with E-state index < -0.39 is 24.0 Å². The molecule has 0 unspecified atom stereocenters. The van der Waals surface area contributed by atoms with Gasteiger partial charge in [-0.05, 0) is 32.9 Å². The van der Waals surface area contributed by atoms with E-state index in [1.54, 1.807) is 13.8 Å². The van der Waals surface area contributed by atoms with Crippen LogP contribution in [0.5, 0.6) is 11.5 Å². The van der Waals surface area contributed by atoms with Crippen molar-refractivity contribution in [1.29, 1.82) is 0 Å². The highest BCUT2D eigenvalue weighted by atomic mass is 35.5. The molecule has 2 rings (SSSR count). The molecule has 26 heavy (non-hydrogen) atoms. The Morgan fingerprint density at radius 3 is 2.54 bits per heavy atom. The number of carbonyl (C=O) groups excluding carboxylic acids is 3. The summed E-state index contributed by atoms with van der Waals surface area (Å²) in [6.07, 6.45) is -0.476. The molecule has 0 aromatic heterocycles. The van der Waals surface area contributed by atoms with Crippen molar-refractivity contribution < 1.29 is 28.6 Å². The molecule has 1 heterocycles. The second kappa shape index (κ2) is 8.75. The van der Waals surface area contributed by atoms with Gasteiger partial charge in [-0.25, -0.2) is 9.59 Å². The molecule has 9 heteroatoms. The number of fused-ring (bicyclic) bond motifs is 1. The third-order valence-electron chi connectivity index (χ3n) is 3.35. The molecule has 0 saturated carbocycles. The van der Waals surface area contributed by atoms with Crippen LogP contribution in [-0.2, 0) is 9.53 Å². The lowest BCUT2D eigenvalue weighted by molar-refractivity contribution is -0.127. The van der Waals surface area contributed by atoms with Crippen molar-refractivity contribution in [3.63, 3.8) is 0 Å². The number of amides is 3. The molecule has 1 aromatic carbocycles. The molecule has 1 aromatic rings. The third kappa shape index (κ3) is 5.26. The van der Waals surface area contributed by atoms with Crippen LogP contribution in [-0.4, -0.2) is 43.3 Å². The second-order valence-electron chi connectivity index (χ2n) is 6.00. The number of ether oxygens (including phenoxy) is 3. The number of hydrogen-bond acceptors (Lipinski definition) is 6. The van der Waals surface area contributed by atoms with Crippen LogP contribution in [0.1, 0.15) is 37.6 Å². The van der Waals surface area contributed by atoms with Gasteiger partial charge in [-0.2, -0.15) is 0 Å². The number of imide groups is 1. The average Bonchev–Trinajstić information content (AvgIpc) is 2.79. The van der Waals surface area contributed by atoms with Crippen LogP contribution in [0.15, 0.2) is 12.1 Å². The van der Waals surface area contributed by atoms with Crippen molar-refractivity contribution in [2.24, 2.45) is 0 Å². The Morgan fingerprint density at radius 1 is 1.15 bits per heavy atom. The van der Waals surface area contributed by atoms with Crippen LogP contribution in [0.3, 0.4) is 0 Å². The topological polar surface area (TPSA) is 103 Å². The summed E-state index contributed by atoms with van der Waals surface area (Å²) >= 11 is 6.14. The van der Waals surface area contributed by atoms with Gasteiger partial charge in [0.25, 0.3) is 5.91 Å². The highest BCUT2D eigenvalue weighted by Gasteiger charge is 2.24. The van der Waals surface area contributed by atoms with Gasteiger partial charge in [0.05, 0.1) is 23.8 Å². The summed E-state index contributed by atoms with van der Waals surface area (Å²) < 4.78 is 16.1. The third-order valence-corrected chi connectivity index (χ3v) is 3.63. The fourth-order valence-corrected chi connectivity index (χ4v) is 2.41. The molecular weight excluding hydrogens is 364 g/mol. The smallest absolute Gasteiger partial charge is 0.339 e. The number of carbonyl (C=O) groups is 3. The largest absolute Gasteiger partial charge is 0.489 e. The monoisotopic (exact) mass is 384 g/mol. The van der Waals surface area contributed by atoms with Crippen LogP contribution in [0.25, 0.3) is 0 Å². The van der Waals surface area contributed by atoms with Crippen molar-refractivity contribution in [3.8, 4) is 11.5 Å². The molecule has 0 bridgehead atoms. The maximum atomic E-state index is 12.3. The van der Waals surface area contributed by atoms with Gasteiger partial charge in [0.2, 0.25) is 0 Å². The molecule has 0 saturated heterocycles. The minimum absolute atomic E-state index is 0.116. The number of benzene rings is 1. The van der Waals surface area contributed by atoms with E-state index in [1.165, 1.54) is 19.1 Å². The molecule has 3 amide bonds. The number of esters is 1. The number of urea groups is 1. The molecular formula is C17H21ClN2O6. The molecule has 2 N–H and O–H groups in total. The molecule has 1 aliphatic heterocycles. The van der Waals surface area contributed by atoms with E-state index in [0.29, 0.717) is 31.1 Å². The molecule has 0 spiro atoms. The highest BCUT2D eigenvalue weighted by Crippen LogP contribution is 2.38. The van der Waals surface area contributed by atoms with Gasteiger partial charge >= 0.3 is 12.0 Å². The van der Waals surface area contributed by atoms with E-state index in [-0.39, 0.29) is 16.6 Å². The fraction of sp³-hybridized carbons (Fsp3) is 0.471. The van der Waals surface area contributed by atoms with Gasteiger partial charge in [-0.15, -0.1) is 0 Å². The molecule has 1 aliphatic rings. The number of rotatable bonds is 4. The Hall–Kier alpha value is -2.48. The van der Waals surface area contributed by atoms with Gasteiger partial charge in [-0.1, -0.05) is 11.6 Å². The van der Waals surface area contributed by atoms with Gasteiger partial charge in [-0.3, -0.25) is 10.1 Å². The van der Waals surface area contributed by atoms with E-state index in [2.05, 4.69) is 10.6 Å². The SMILES string of the molecule is CC(C)NC(=O)NC(=O)[C@H](C)OC(=O)c1cc(Cl)c2c(c1)OCCCO2. The molecule has 142 valence electrons. The van der Waals surface area contributed by atoms with E-state index in [0.717, 1.165) is 0 Å². The first-order chi connectivity index (χ1) is 12.3. The van der Waals surface area contributed by atoms with Crippen molar-refractivity contribution in [2.45, 2.75) is 39.3 Å². The van der Waals surface area contributed by atoms with Crippen molar-refractivity contribution in [1.82, 2.24) is 10.6 Å². The number of nitrogens with one attached hydrogen (secondary N) is 2. The van der Waals surface area contributed by atoms with Crippen molar-refractivity contribution in [3.05, 3.63) is 22.7 Å². The first kappa shape index (κ1) is 19.8. The molecule has 8 nitrogen and oxygen atoms in total. The molecule has 0 aliphatic carbocycles. The lowest BCUT2D eigenvalue weighted by Crippen LogP contribution is -2.46. The van der Waals surface area contributed by atoms with Crippen molar-refractivity contribution in [2.75, 3.05) is 13.2 Å². The second-order valence-corrected chi connectivity index (χ2v) is 6.41. The quantitative estimate of drug-likeness (QED) is 0.772. The molecule has 1 atom stereocenters. The van der Waals surface area contributed by atoms with Gasteiger partial charge in [0.1, 0.15) is 0 Å².